The third kappa shape index (κ3) is 7.19. The van der Waals surface area contributed by atoms with Crippen LogP contribution in [-0.2, 0) is 22.7 Å². The Kier molecular flexibility index (Phi) is 9.69. The van der Waals surface area contributed by atoms with Crippen molar-refractivity contribution in [2.45, 2.75) is 63.1 Å². The maximum absolute atomic E-state index is 12.6. The number of hydrogen-bond donors (Lipinski definition) is 2. The molecule has 46 heavy (non-hydrogen) atoms. The van der Waals surface area contributed by atoms with Crippen LogP contribution in [0, 0.1) is 0 Å². The summed E-state index contributed by atoms with van der Waals surface area (Å²) in [5.74, 6) is 1.05. The third-order valence-corrected chi connectivity index (χ3v) is 8.54. The summed E-state index contributed by atoms with van der Waals surface area (Å²) in [6, 6.07) is 22.4. The second-order valence-corrected chi connectivity index (χ2v) is 12.1. The zero-order valence-electron chi connectivity index (χ0n) is 26.5. The van der Waals surface area contributed by atoms with Crippen LogP contribution < -0.4 is 9.47 Å². The van der Waals surface area contributed by atoms with Crippen LogP contribution in [0.25, 0.3) is 0 Å². The number of ether oxygens (including phenoxy) is 2. The van der Waals surface area contributed by atoms with Crippen molar-refractivity contribution in [2.24, 2.45) is 0 Å². The number of benzene rings is 2. The number of nitrogens with zero attached hydrogens (tertiary/aromatic N) is 4. The lowest BCUT2D eigenvalue weighted by atomic mass is 9.99. The van der Waals surface area contributed by atoms with Crippen LogP contribution >= 0.6 is 0 Å². The number of carbonyl (C=O) groups is 2. The van der Waals surface area contributed by atoms with E-state index < -0.39 is 11.2 Å². The predicted octanol–water partition coefficient (Wildman–Crippen LogP) is 4.63. The van der Waals surface area contributed by atoms with E-state index in [1.54, 1.807) is 62.7 Å². The van der Waals surface area contributed by atoms with Crippen molar-refractivity contribution in [3.05, 3.63) is 120 Å². The summed E-state index contributed by atoms with van der Waals surface area (Å²) < 4.78 is 10.3. The molecule has 2 N–H and O–H groups in total. The number of rotatable bonds is 8. The van der Waals surface area contributed by atoms with Gasteiger partial charge in [-0.1, -0.05) is 36.4 Å². The SMILES string of the molecule is COc1ccc(CN2C(=O)[C@@](C)(O)C[C@@H]2c2cccnc2)cc1.COc1ccc(CN2C(=O)[C@](C)(O)C[C@H]2c2cccnc2)cc1. The molecule has 0 unspecified atom stereocenters. The normalized spacial score (nSPS) is 24.0. The number of amides is 2. The van der Waals surface area contributed by atoms with Gasteiger partial charge in [0.2, 0.25) is 0 Å². The van der Waals surface area contributed by atoms with Gasteiger partial charge in [-0.05, 0) is 72.5 Å². The van der Waals surface area contributed by atoms with Crippen molar-refractivity contribution < 1.29 is 29.3 Å². The molecule has 0 aliphatic carbocycles. The van der Waals surface area contributed by atoms with Crippen LogP contribution in [-0.4, -0.2) is 67.2 Å². The zero-order valence-corrected chi connectivity index (χ0v) is 26.5. The molecule has 2 aromatic heterocycles. The Morgan fingerprint density at radius 1 is 0.674 bits per heavy atom. The predicted molar refractivity (Wildman–Crippen MR) is 172 cm³/mol. The van der Waals surface area contributed by atoms with Crippen molar-refractivity contribution in [3.8, 4) is 11.5 Å². The average Bonchev–Trinajstić information content (AvgIpc) is 3.45. The van der Waals surface area contributed by atoms with Gasteiger partial charge < -0.3 is 29.5 Å². The van der Waals surface area contributed by atoms with E-state index in [4.69, 9.17) is 9.47 Å². The molecular formula is C36H40N4O6. The minimum Gasteiger partial charge on any atom is -0.497 e. The molecule has 10 nitrogen and oxygen atoms in total. The molecule has 2 fully saturated rings. The van der Waals surface area contributed by atoms with Gasteiger partial charge in [0.25, 0.3) is 11.8 Å². The molecule has 0 radical (unpaired) electrons. The van der Waals surface area contributed by atoms with Gasteiger partial charge >= 0.3 is 0 Å². The van der Waals surface area contributed by atoms with Crippen molar-refractivity contribution >= 4 is 11.8 Å². The van der Waals surface area contributed by atoms with Crippen LogP contribution in [0.15, 0.2) is 97.6 Å². The second-order valence-electron chi connectivity index (χ2n) is 12.1. The van der Waals surface area contributed by atoms with E-state index in [0.29, 0.717) is 25.9 Å². The molecule has 4 aromatic rings. The fourth-order valence-electron chi connectivity index (χ4n) is 6.01. The molecule has 10 heteroatoms. The average molecular weight is 625 g/mol. The molecule has 2 aliphatic heterocycles. The van der Waals surface area contributed by atoms with Crippen molar-refractivity contribution in [1.82, 2.24) is 19.8 Å². The molecule has 0 bridgehead atoms. The standard InChI is InChI=1S/2C18H20N2O3/c2*1-18(22)10-16(14-4-3-9-19-11-14)20(17(18)21)12-13-5-7-15(23-2)8-6-13/h2*3-9,11,16,22H,10,12H2,1-2H3/t2*16-,18+/m10/s1. The van der Waals surface area contributed by atoms with E-state index in [9.17, 15) is 19.8 Å². The number of aliphatic hydroxyl groups is 2. The van der Waals surface area contributed by atoms with Crippen LogP contribution in [0.2, 0.25) is 0 Å². The lowest BCUT2D eigenvalue weighted by Gasteiger charge is -2.25. The second kappa shape index (κ2) is 13.7. The Hall–Kier alpha value is -4.80. The highest BCUT2D eigenvalue weighted by molar-refractivity contribution is 5.88. The molecule has 240 valence electrons. The molecule has 2 saturated heterocycles. The largest absolute Gasteiger partial charge is 0.497 e. The first-order valence-corrected chi connectivity index (χ1v) is 15.1. The van der Waals surface area contributed by atoms with E-state index in [1.165, 1.54) is 0 Å². The molecule has 2 aromatic carbocycles. The van der Waals surface area contributed by atoms with E-state index >= 15 is 0 Å². The molecule has 6 rings (SSSR count). The molecule has 2 aliphatic rings. The first-order chi connectivity index (χ1) is 22.0. The third-order valence-electron chi connectivity index (χ3n) is 8.54. The summed E-state index contributed by atoms with van der Waals surface area (Å²) in [6.45, 7) is 4.04. The van der Waals surface area contributed by atoms with Gasteiger partial charge in [-0.2, -0.15) is 0 Å². The fraction of sp³-hybridized carbons (Fsp3) is 0.333. The summed E-state index contributed by atoms with van der Waals surface area (Å²) in [4.78, 5) is 36.8. The number of hydrogen-bond acceptors (Lipinski definition) is 8. The number of likely N-dealkylation sites (tertiary alicyclic amines) is 2. The quantitative estimate of drug-likeness (QED) is 0.291. The van der Waals surface area contributed by atoms with Crippen LogP contribution in [0.5, 0.6) is 11.5 Å². The van der Waals surface area contributed by atoms with E-state index in [2.05, 4.69) is 9.97 Å². The lowest BCUT2D eigenvalue weighted by molar-refractivity contribution is -0.143. The highest BCUT2D eigenvalue weighted by atomic mass is 16.5. The Morgan fingerprint density at radius 3 is 1.35 bits per heavy atom. The zero-order chi connectivity index (χ0) is 32.9. The Morgan fingerprint density at radius 2 is 1.04 bits per heavy atom. The molecule has 4 atom stereocenters. The van der Waals surface area contributed by atoms with Gasteiger partial charge in [0.05, 0.1) is 26.3 Å². The van der Waals surface area contributed by atoms with Gasteiger partial charge in [-0.3, -0.25) is 19.6 Å². The molecule has 4 heterocycles. The van der Waals surface area contributed by atoms with E-state index in [-0.39, 0.29) is 23.9 Å². The summed E-state index contributed by atoms with van der Waals surface area (Å²) in [6.07, 6.45) is 7.64. The first kappa shape index (κ1) is 32.6. The highest BCUT2D eigenvalue weighted by Crippen LogP contribution is 2.40. The molecular weight excluding hydrogens is 584 g/mol. The number of carbonyl (C=O) groups excluding carboxylic acids is 2. The maximum Gasteiger partial charge on any atom is 0.255 e. The number of pyridine rings is 2. The van der Waals surface area contributed by atoms with Crippen LogP contribution in [0.4, 0.5) is 0 Å². The van der Waals surface area contributed by atoms with Crippen molar-refractivity contribution in [1.29, 1.82) is 0 Å². The van der Waals surface area contributed by atoms with E-state index in [1.807, 2.05) is 72.8 Å². The minimum absolute atomic E-state index is 0.173. The Balaban J connectivity index is 0.000000181. The van der Waals surface area contributed by atoms with Gasteiger partial charge in [0, 0.05) is 50.7 Å². The minimum atomic E-state index is -1.34. The highest BCUT2D eigenvalue weighted by Gasteiger charge is 2.48. The summed E-state index contributed by atoms with van der Waals surface area (Å²) >= 11 is 0. The van der Waals surface area contributed by atoms with Gasteiger partial charge in [0.1, 0.15) is 22.7 Å². The Labute approximate surface area is 269 Å². The first-order valence-electron chi connectivity index (χ1n) is 15.1. The van der Waals surface area contributed by atoms with Gasteiger partial charge in [-0.15, -0.1) is 0 Å². The smallest absolute Gasteiger partial charge is 0.255 e. The van der Waals surface area contributed by atoms with Gasteiger partial charge in [-0.25, -0.2) is 0 Å². The summed E-state index contributed by atoms with van der Waals surface area (Å²) in [5, 5.41) is 20.8. The number of aromatic nitrogens is 2. The molecule has 0 spiro atoms. The number of methoxy groups -OCH3 is 2. The molecule has 0 saturated carbocycles. The van der Waals surface area contributed by atoms with Gasteiger partial charge in [0.15, 0.2) is 0 Å². The summed E-state index contributed by atoms with van der Waals surface area (Å²) in [5.41, 5.74) is 1.18. The van der Waals surface area contributed by atoms with E-state index in [0.717, 1.165) is 33.8 Å². The van der Waals surface area contributed by atoms with Crippen LogP contribution in [0.3, 0.4) is 0 Å². The fourth-order valence-corrected chi connectivity index (χ4v) is 6.01. The topological polar surface area (TPSA) is 125 Å². The van der Waals surface area contributed by atoms with Crippen molar-refractivity contribution in [2.75, 3.05) is 14.2 Å². The van der Waals surface area contributed by atoms with Crippen LogP contribution in [0.1, 0.15) is 61.0 Å². The maximum atomic E-state index is 12.6. The molecule has 2 amide bonds. The summed E-state index contributed by atoms with van der Waals surface area (Å²) in [7, 11) is 3.24. The Bertz CT molecular complexity index is 1490. The monoisotopic (exact) mass is 624 g/mol. The van der Waals surface area contributed by atoms with Crippen molar-refractivity contribution in [3.63, 3.8) is 0 Å². The lowest BCUT2D eigenvalue weighted by Crippen LogP contribution is -2.37.